The van der Waals surface area contributed by atoms with E-state index in [9.17, 15) is 9.59 Å². The van der Waals surface area contributed by atoms with Crippen LogP contribution < -0.4 is 0 Å². The standard InChI is InChI=1S/C16H23N3O4/c1-4-8-18(9-5-2)15(20)13-23-16(21)19-10-6-7-14(12-19)11-17-22-3/h4-5,7,11H,1-2,6,8-10,12-13H2,3H3/b17-11+. The highest BCUT2D eigenvalue weighted by atomic mass is 16.6. The SMILES string of the molecule is C=CCN(CC=C)C(=O)COC(=O)N1CCC=C(/C=N/OC)C1. The Hall–Kier alpha value is -2.57. The Morgan fingerprint density at radius 1 is 1.39 bits per heavy atom. The van der Waals surface area contributed by atoms with Crippen molar-refractivity contribution in [1.82, 2.24) is 9.80 Å². The molecule has 0 fully saturated rings. The minimum atomic E-state index is -0.521. The topological polar surface area (TPSA) is 71.4 Å². The summed E-state index contributed by atoms with van der Waals surface area (Å²) in [6.07, 6.45) is 6.94. The van der Waals surface area contributed by atoms with Crippen molar-refractivity contribution < 1.29 is 19.2 Å². The molecule has 1 aliphatic heterocycles. The third kappa shape index (κ3) is 6.37. The first kappa shape index (κ1) is 18.5. The number of hydrogen-bond donors (Lipinski definition) is 0. The number of hydrogen-bond acceptors (Lipinski definition) is 5. The Labute approximate surface area is 136 Å². The number of carbonyl (C=O) groups excluding carboxylic acids is 2. The maximum atomic E-state index is 12.0. The number of ether oxygens (including phenoxy) is 1. The van der Waals surface area contributed by atoms with Crippen molar-refractivity contribution in [2.45, 2.75) is 6.42 Å². The van der Waals surface area contributed by atoms with Gasteiger partial charge < -0.3 is 19.4 Å². The maximum absolute atomic E-state index is 12.0. The van der Waals surface area contributed by atoms with Crippen molar-refractivity contribution in [1.29, 1.82) is 0 Å². The van der Waals surface area contributed by atoms with E-state index in [0.717, 1.165) is 5.57 Å². The molecule has 2 amide bonds. The van der Waals surface area contributed by atoms with Crippen molar-refractivity contribution >= 4 is 18.2 Å². The second kappa shape index (κ2) is 10.2. The average Bonchev–Trinajstić information content (AvgIpc) is 2.57. The maximum Gasteiger partial charge on any atom is 0.410 e. The second-order valence-corrected chi connectivity index (χ2v) is 4.84. The summed E-state index contributed by atoms with van der Waals surface area (Å²) < 4.78 is 5.09. The van der Waals surface area contributed by atoms with Gasteiger partial charge in [0.25, 0.3) is 5.91 Å². The average molecular weight is 321 g/mol. The Balaban J connectivity index is 2.48. The lowest BCUT2D eigenvalue weighted by atomic mass is 10.1. The molecule has 0 bridgehead atoms. The van der Waals surface area contributed by atoms with Gasteiger partial charge in [0, 0.05) is 19.6 Å². The van der Waals surface area contributed by atoms with E-state index in [0.29, 0.717) is 32.6 Å². The zero-order valence-electron chi connectivity index (χ0n) is 13.4. The molecule has 0 atom stereocenters. The lowest BCUT2D eigenvalue weighted by Gasteiger charge is -2.26. The van der Waals surface area contributed by atoms with Gasteiger partial charge in [-0.25, -0.2) is 4.79 Å². The van der Waals surface area contributed by atoms with Crippen LogP contribution in [0.25, 0.3) is 0 Å². The summed E-state index contributed by atoms with van der Waals surface area (Å²) in [5, 5.41) is 3.68. The molecule has 7 nitrogen and oxygen atoms in total. The van der Waals surface area contributed by atoms with Crippen molar-refractivity contribution in [3.05, 3.63) is 37.0 Å². The van der Waals surface area contributed by atoms with Gasteiger partial charge in [-0.15, -0.1) is 13.2 Å². The quantitative estimate of drug-likeness (QED) is 0.387. The third-order valence-electron chi connectivity index (χ3n) is 3.13. The van der Waals surface area contributed by atoms with Crippen LogP contribution in [-0.4, -0.2) is 67.9 Å². The molecule has 0 spiro atoms. The monoisotopic (exact) mass is 321 g/mol. The molecule has 0 aromatic carbocycles. The van der Waals surface area contributed by atoms with Crippen LogP contribution in [0, 0.1) is 0 Å². The van der Waals surface area contributed by atoms with Gasteiger partial charge in [0.15, 0.2) is 6.61 Å². The Morgan fingerprint density at radius 3 is 2.70 bits per heavy atom. The molecule has 0 unspecified atom stereocenters. The zero-order valence-corrected chi connectivity index (χ0v) is 13.4. The van der Waals surface area contributed by atoms with E-state index in [2.05, 4.69) is 23.2 Å². The normalized spacial score (nSPS) is 14.1. The van der Waals surface area contributed by atoms with Crippen molar-refractivity contribution in [3.63, 3.8) is 0 Å². The van der Waals surface area contributed by atoms with Gasteiger partial charge in [-0.05, 0) is 12.0 Å². The summed E-state index contributed by atoms with van der Waals surface area (Å²) >= 11 is 0. The number of rotatable bonds is 8. The lowest BCUT2D eigenvalue weighted by molar-refractivity contribution is -0.133. The molecule has 0 saturated carbocycles. The first-order chi connectivity index (χ1) is 11.1. The van der Waals surface area contributed by atoms with Gasteiger partial charge in [-0.1, -0.05) is 23.4 Å². The molecule has 126 valence electrons. The first-order valence-electron chi connectivity index (χ1n) is 7.29. The minimum absolute atomic E-state index is 0.285. The molecule has 0 radical (unpaired) electrons. The minimum Gasteiger partial charge on any atom is -0.439 e. The van der Waals surface area contributed by atoms with E-state index in [1.54, 1.807) is 18.4 Å². The van der Waals surface area contributed by atoms with E-state index < -0.39 is 6.09 Å². The fourth-order valence-corrected chi connectivity index (χ4v) is 2.04. The first-order valence-corrected chi connectivity index (χ1v) is 7.29. The molecule has 0 N–H and O–H groups in total. The molecule has 1 aliphatic rings. The second-order valence-electron chi connectivity index (χ2n) is 4.84. The molecule has 23 heavy (non-hydrogen) atoms. The Bertz CT molecular complexity index is 490. The van der Waals surface area contributed by atoms with Gasteiger partial charge in [-0.3, -0.25) is 4.79 Å². The predicted molar refractivity (Wildman–Crippen MR) is 88.1 cm³/mol. The van der Waals surface area contributed by atoms with Gasteiger partial charge in [0.1, 0.15) is 7.11 Å². The van der Waals surface area contributed by atoms with Gasteiger partial charge in [0.05, 0.1) is 12.8 Å². The number of amides is 2. The van der Waals surface area contributed by atoms with E-state index in [1.807, 2.05) is 6.08 Å². The summed E-state index contributed by atoms with van der Waals surface area (Å²) in [5.74, 6) is -0.285. The summed E-state index contributed by atoms with van der Waals surface area (Å²) in [6.45, 7) is 8.57. The molecular formula is C16H23N3O4. The molecular weight excluding hydrogens is 298 g/mol. The lowest BCUT2D eigenvalue weighted by Crippen LogP contribution is -2.40. The molecule has 0 aromatic heterocycles. The van der Waals surface area contributed by atoms with Crippen LogP contribution >= 0.6 is 0 Å². The Morgan fingerprint density at radius 2 is 2.09 bits per heavy atom. The van der Waals surface area contributed by atoms with Crippen LogP contribution in [0.1, 0.15) is 6.42 Å². The fraction of sp³-hybridized carbons (Fsp3) is 0.438. The largest absolute Gasteiger partial charge is 0.439 e. The van der Waals surface area contributed by atoms with Crippen molar-refractivity contribution in [2.75, 3.05) is 39.9 Å². The van der Waals surface area contributed by atoms with E-state index in [-0.39, 0.29) is 12.5 Å². The summed E-state index contributed by atoms with van der Waals surface area (Å²) in [4.78, 5) is 31.7. The van der Waals surface area contributed by atoms with Crippen LogP contribution in [0.4, 0.5) is 4.79 Å². The summed E-state index contributed by atoms with van der Waals surface area (Å²) in [5.41, 5.74) is 0.862. The highest BCUT2D eigenvalue weighted by molar-refractivity contribution is 5.82. The molecule has 0 aromatic rings. The van der Waals surface area contributed by atoms with Crippen molar-refractivity contribution in [2.24, 2.45) is 5.16 Å². The molecule has 0 aliphatic carbocycles. The van der Waals surface area contributed by atoms with E-state index in [1.165, 1.54) is 16.9 Å². The molecule has 1 heterocycles. The van der Waals surface area contributed by atoms with Gasteiger partial charge in [0.2, 0.25) is 0 Å². The highest BCUT2D eigenvalue weighted by Crippen LogP contribution is 2.09. The van der Waals surface area contributed by atoms with Crippen LogP contribution in [-0.2, 0) is 14.4 Å². The van der Waals surface area contributed by atoms with Crippen molar-refractivity contribution in [3.8, 4) is 0 Å². The smallest absolute Gasteiger partial charge is 0.410 e. The van der Waals surface area contributed by atoms with Gasteiger partial charge in [-0.2, -0.15) is 0 Å². The molecule has 7 heteroatoms. The summed E-state index contributed by atoms with van der Waals surface area (Å²) in [7, 11) is 1.45. The third-order valence-corrected chi connectivity index (χ3v) is 3.13. The number of nitrogens with zero attached hydrogens (tertiary/aromatic N) is 3. The van der Waals surface area contributed by atoms with Crippen LogP contribution in [0.2, 0.25) is 0 Å². The zero-order chi connectivity index (χ0) is 17.1. The fourth-order valence-electron chi connectivity index (χ4n) is 2.04. The van der Waals surface area contributed by atoms with Crippen LogP contribution in [0.15, 0.2) is 42.1 Å². The van der Waals surface area contributed by atoms with Crippen LogP contribution in [0.5, 0.6) is 0 Å². The Kier molecular flexibility index (Phi) is 8.20. The van der Waals surface area contributed by atoms with Gasteiger partial charge >= 0.3 is 6.09 Å². The van der Waals surface area contributed by atoms with Crippen LogP contribution in [0.3, 0.4) is 0 Å². The summed E-state index contributed by atoms with van der Waals surface area (Å²) in [6, 6.07) is 0. The van der Waals surface area contributed by atoms with E-state index >= 15 is 0 Å². The predicted octanol–water partition coefficient (Wildman–Crippen LogP) is 1.59. The highest BCUT2D eigenvalue weighted by Gasteiger charge is 2.21. The number of carbonyl (C=O) groups is 2. The van der Waals surface area contributed by atoms with E-state index in [4.69, 9.17) is 4.74 Å². The molecule has 0 saturated heterocycles. The molecule has 1 rings (SSSR count). The number of oxime groups is 1.